The lowest BCUT2D eigenvalue weighted by atomic mass is 9.65. The highest BCUT2D eigenvalue weighted by Gasteiger charge is 2.37. The molecule has 108 valence electrons. The molecule has 0 saturated heterocycles. The normalized spacial score (nSPS) is 31.7. The maximum atomic E-state index is 6.31. The minimum absolute atomic E-state index is 0.0678. The Morgan fingerprint density at radius 3 is 2.71 bits per heavy atom. The summed E-state index contributed by atoms with van der Waals surface area (Å²) in [5, 5.41) is 0. The number of aliphatic imine (C=N–C) groups is 1. The number of rotatable bonds is 2. The molecular formula is C18H21N3. The summed E-state index contributed by atoms with van der Waals surface area (Å²) in [5.41, 5.74) is 9.69. The number of nitrogens with two attached hydrogens (primary N) is 1. The summed E-state index contributed by atoms with van der Waals surface area (Å²) >= 11 is 0. The summed E-state index contributed by atoms with van der Waals surface area (Å²) in [4.78, 5) is 8.30. The van der Waals surface area contributed by atoms with Crippen molar-refractivity contribution in [1.29, 1.82) is 0 Å². The summed E-state index contributed by atoms with van der Waals surface area (Å²) in [6.07, 6.45) is 15.2. The second-order valence-electron chi connectivity index (χ2n) is 6.17. The van der Waals surface area contributed by atoms with Gasteiger partial charge in [-0.25, -0.2) is 0 Å². The average molecular weight is 279 g/mol. The summed E-state index contributed by atoms with van der Waals surface area (Å²) in [6.45, 7) is 4.50. The average Bonchev–Trinajstić information content (AvgIpc) is 2.51. The maximum Gasteiger partial charge on any atom is 0.0273 e. The molecule has 2 N–H and O–H groups in total. The molecule has 1 aromatic rings. The highest BCUT2D eigenvalue weighted by Crippen LogP contribution is 2.44. The molecular weight excluding hydrogens is 258 g/mol. The number of allylic oxidation sites excluding steroid dienone is 5. The standard InChI is InChI=1S/C18H21N3/c1-13-16(18(2)5-9-21-10-6-18)11-15(12-17(13)19)14-3-7-20-8-4-14/h3-5,7-13,16H,6,19H2,1-2H3. The molecule has 0 spiro atoms. The van der Waals surface area contributed by atoms with Crippen LogP contribution in [0.5, 0.6) is 0 Å². The third-order valence-corrected chi connectivity index (χ3v) is 4.70. The molecule has 0 amide bonds. The first-order chi connectivity index (χ1) is 10.1. The van der Waals surface area contributed by atoms with E-state index in [-0.39, 0.29) is 5.41 Å². The van der Waals surface area contributed by atoms with Crippen molar-refractivity contribution in [1.82, 2.24) is 4.98 Å². The van der Waals surface area contributed by atoms with Crippen LogP contribution < -0.4 is 5.73 Å². The Hall–Kier alpha value is -2.16. The van der Waals surface area contributed by atoms with Crippen molar-refractivity contribution in [3.63, 3.8) is 0 Å². The van der Waals surface area contributed by atoms with Crippen LogP contribution in [-0.2, 0) is 0 Å². The molecule has 2 heterocycles. The molecule has 1 aromatic heterocycles. The van der Waals surface area contributed by atoms with Crippen LogP contribution in [0.25, 0.3) is 5.57 Å². The van der Waals surface area contributed by atoms with Crippen molar-refractivity contribution in [3.05, 3.63) is 60.2 Å². The zero-order valence-electron chi connectivity index (χ0n) is 12.5. The van der Waals surface area contributed by atoms with Crippen LogP contribution in [0.3, 0.4) is 0 Å². The first kappa shape index (κ1) is 13.8. The summed E-state index contributed by atoms with van der Waals surface area (Å²) < 4.78 is 0. The number of hydrogen-bond donors (Lipinski definition) is 1. The van der Waals surface area contributed by atoms with Gasteiger partial charge in [0.25, 0.3) is 0 Å². The Morgan fingerprint density at radius 1 is 1.29 bits per heavy atom. The van der Waals surface area contributed by atoms with E-state index in [1.165, 1.54) is 11.1 Å². The molecule has 1 aliphatic heterocycles. The van der Waals surface area contributed by atoms with E-state index in [1.54, 1.807) is 0 Å². The van der Waals surface area contributed by atoms with Crippen molar-refractivity contribution in [2.45, 2.75) is 20.3 Å². The quantitative estimate of drug-likeness (QED) is 0.899. The fraction of sp³-hybridized carbons (Fsp3) is 0.333. The predicted molar refractivity (Wildman–Crippen MR) is 87.5 cm³/mol. The molecule has 0 saturated carbocycles. The van der Waals surface area contributed by atoms with Crippen LogP contribution in [0.15, 0.2) is 59.6 Å². The van der Waals surface area contributed by atoms with E-state index in [9.17, 15) is 0 Å². The van der Waals surface area contributed by atoms with Crippen molar-refractivity contribution in [2.75, 3.05) is 0 Å². The third-order valence-electron chi connectivity index (χ3n) is 4.70. The zero-order valence-corrected chi connectivity index (χ0v) is 12.5. The van der Waals surface area contributed by atoms with Gasteiger partial charge in [0.2, 0.25) is 0 Å². The summed E-state index contributed by atoms with van der Waals surface area (Å²) in [7, 11) is 0. The van der Waals surface area contributed by atoms with Gasteiger partial charge in [0.15, 0.2) is 0 Å². The van der Waals surface area contributed by atoms with E-state index >= 15 is 0 Å². The highest BCUT2D eigenvalue weighted by atomic mass is 14.7. The van der Waals surface area contributed by atoms with Crippen LogP contribution in [-0.4, -0.2) is 11.2 Å². The molecule has 3 unspecified atom stereocenters. The van der Waals surface area contributed by atoms with Crippen molar-refractivity contribution in [3.8, 4) is 0 Å². The van der Waals surface area contributed by atoms with E-state index < -0.39 is 0 Å². The van der Waals surface area contributed by atoms with Crippen LogP contribution in [0, 0.1) is 17.3 Å². The molecule has 0 bridgehead atoms. The van der Waals surface area contributed by atoms with Gasteiger partial charge in [0.05, 0.1) is 0 Å². The molecule has 0 aromatic carbocycles. The molecule has 2 aliphatic rings. The first-order valence-electron chi connectivity index (χ1n) is 7.39. The molecule has 3 heteroatoms. The van der Waals surface area contributed by atoms with E-state index in [0.717, 1.165) is 12.1 Å². The monoisotopic (exact) mass is 279 g/mol. The van der Waals surface area contributed by atoms with Crippen molar-refractivity contribution < 1.29 is 0 Å². The van der Waals surface area contributed by atoms with E-state index in [2.05, 4.69) is 42.1 Å². The van der Waals surface area contributed by atoms with Crippen molar-refractivity contribution >= 4 is 11.8 Å². The fourth-order valence-electron chi connectivity index (χ4n) is 3.23. The van der Waals surface area contributed by atoms with Crippen LogP contribution in [0.2, 0.25) is 0 Å². The van der Waals surface area contributed by atoms with Crippen LogP contribution >= 0.6 is 0 Å². The van der Waals surface area contributed by atoms with E-state index in [1.807, 2.05) is 36.9 Å². The highest BCUT2D eigenvalue weighted by molar-refractivity contribution is 5.76. The van der Waals surface area contributed by atoms with Gasteiger partial charge in [-0.3, -0.25) is 9.98 Å². The van der Waals surface area contributed by atoms with Crippen LogP contribution in [0.1, 0.15) is 25.8 Å². The Morgan fingerprint density at radius 2 is 2.05 bits per heavy atom. The lowest BCUT2D eigenvalue weighted by molar-refractivity contribution is 0.258. The number of hydrogen-bond acceptors (Lipinski definition) is 3. The van der Waals surface area contributed by atoms with Crippen LogP contribution in [0.4, 0.5) is 0 Å². The fourth-order valence-corrected chi connectivity index (χ4v) is 3.23. The maximum absolute atomic E-state index is 6.31. The zero-order chi connectivity index (χ0) is 14.9. The molecule has 3 nitrogen and oxygen atoms in total. The summed E-state index contributed by atoms with van der Waals surface area (Å²) in [5.74, 6) is 0.699. The Bertz CT molecular complexity index is 640. The van der Waals surface area contributed by atoms with Gasteiger partial charge >= 0.3 is 0 Å². The van der Waals surface area contributed by atoms with Gasteiger partial charge in [-0.2, -0.15) is 0 Å². The van der Waals surface area contributed by atoms with Gasteiger partial charge < -0.3 is 5.73 Å². The molecule has 0 fully saturated rings. The third kappa shape index (κ3) is 2.56. The smallest absolute Gasteiger partial charge is 0.0273 e. The van der Waals surface area contributed by atoms with E-state index in [0.29, 0.717) is 11.8 Å². The topological polar surface area (TPSA) is 51.3 Å². The van der Waals surface area contributed by atoms with Crippen molar-refractivity contribution in [2.24, 2.45) is 28.0 Å². The number of aromatic nitrogens is 1. The largest absolute Gasteiger partial charge is 0.402 e. The van der Waals surface area contributed by atoms with Gasteiger partial charge in [-0.1, -0.05) is 26.0 Å². The number of pyridine rings is 1. The second-order valence-corrected chi connectivity index (χ2v) is 6.17. The molecule has 3 rings (SSSR count). The lowest BCUT2D eigenvalue weighted by Gasteiger charge is -2.40. The number of nitrogens with zero attached hydrogens (tertiary/aromatic N) is 2. The predicted octanol–water partition coefficient (Wildman–Crippen LogP) is 3.57. The Labute approximate surface area is 126 Å². The summed E-state index contributed by atoms with van der Waals surface area (Å²) in [6, 6.07) is 4.06. The molecule has 3 atom stereocenters. The first-order valence-corrected chi connectivity index (χ1v) is 7.39. The van der Waals surface area contributed by atoms with E-state index in [4.69, 9.17) is 5.73 Å². The molecule has 1 aliphatic carbocycles. The minimum atomic E-state index is 0.0678. The SMILES string of the molecule is CC1C(N)=CC(c2ccncc2)=CC1C1(C)C=CN=CC1. The minimum Gasteiger partial charge on any atom is -0.402 e. The van der Waals surface area contributed by atoms with Gasteiger partial charge in [-0.15, -0.1) is 0 Å². The van der Waals surface area contributed by atoms with Gasteiger partial charge in [0.1, 0.15) is 0 Å². The Kier molecular flexibility index (Phi) is 3.50. The Balaban J connectivity index is 2.01. The molecule has 0 radical (unpaired) electrons. The lowest BCUT2D eigenvalue weighted by Crippen LogP contribution is -2.34. The van der Waals surface area contributed by atoms with Gasteiger partial charge in [-0.05, 0) is 47.1 Å². The second kappa shape index (κ2) is 5.32. The van der Waals surface area contributed by atoms with Gasteiger partial charge in [0, 0.05) is 36.4 Å². The molecule has 21 heavy (non-hydrogen) atoms.